The molecule has 1 aromatic heterocycles. The number of amides is 1. The van der Waals surface area contributed by atoms with Gasteiger partial charge in [0.15, 0.2) is 0 Å². The Hall–Kier alpha value is -1.25. The molecular weight excluding hydrogens is 190 g/mol. The molecule has 1 heterocycles. The lowest BCUT2D eigenvalue weighted by atomic mass is 10.1. The summed E-state index contributed by atoms with van der Waals surface area (Å²) in [5.41, 5.74) is 0. The van der Waals surface area contributed by atoms with Crippen molar-refractivity contribution >= 4 is 5.91 Å². The zero-order chi connectivity index (χ0) is 11.3. The molecule has 0 spiro atoms. The standard InChI is InChI=1S/C12H19NO2/c1-4-9(2)12(14)13-10(3)8-11-6-5-7-15-11/h5-7,9-10H,4,8H2,1-3H3,(H,13,14)/t9-,10+/m0/s1. The first-order chi connectivity index (χ1) is 7.13. The Balaban J connectivity index is 2.36. The zero-order valence-corrected chi connectivity index (χ0v) is 9.62. The Bertz CT molecular complexity index is 293. The van der Waals surface area contributed by atoms with E-state index >= 15 is 0 Å². The normalized spacial score (nSPS) is 14.6. The van der Waals surface area contributed by atoms with Crippen molar-refractivity contribution in [2.24, 2.45) is 5.92 Å². The molecule has 1 amide bonds. The number of hydrogen-bond acceptors (Lipinski definition) is 2. The number of carbonyl (C=O) groups is 1. The molecule has 0 aliphatic carbocycles. The fourth-order valence-electron chi connectivity index (χ4n) is 1.35. The summed E-state index contributed by atoms with van der Waals surface area (Å²) in [4.78, 5) is 11.6. The Morgan fingerprint density at radius 3 is 2.80 bits per heavy atom. The molecule has 2 atom stereocenters. The third kappa shape index (κ3) is 3.78. The van der Waals surface area contributed by atoms with E-state index in [1.165, 1.54) is 0 Å². The monoisotopic (exact) mass is 209 g/mol. The molecule has 15 heavy (non-hydrogen) atoms. The van der Waals surface area contributed by atoms with E-state index in [-0.39, 0.29) is 17.9 Å². The van der Waals surface area contributed by atoms with Gasteiger partial charge in [0, 0.05) is 18.4 Å². The predicted octanol–water partition coefficient (Wildman–Crippen LogP) is 2.37. The summed E-state index contributed by atoms with van der Waals surface area (Å²) in [6.45, 7) is 5.94. The molecular formula is C12H19NO2. The van der Waals surface area contributed by atoms with E-state index in [9.17, 15) is 4.79 Å². The first kappa shape index (κ1) is 11.8. The zero-order valence-electron chi connectivity index (χ0n) is 9.62. The SMILES string of the molecule is CC[C@H](C)C(=O)N[C@H](C)Cc1ccco1. The van der Waals surface area contributed by atoms with Gasteiger partial charge in [-0.15, -0.1) is 0 Å². The summed E-state index contributed by atoms with van der Waals surface area (Å²) in [5.74, 6) is 1.12. The molecule has 0 aliphatic heterocycles. The van der Waals surface area contributed by atoms with E-state index < -0.39 is 0 Å². The highest BCUT2D eigenvalue weighted by Gasteiger charge is 2.14. The predicted molar refractivity (Wildman–Crippen MR) is 59.5 cm³/mol. The molecule has 0 saturated heterocycles. The molecule has 0 saturated carbocycles. The highest BCUT2D eigenvalue weighted by molar-refractivity contribution is 5.78. The first-order valence-corrected chi connectivity index (χ1v) is 5.46. The van der Waals surface area contributed by atoms with Gasteiger partial charge in [-0.3, -0.25) is 4.79 Å². The minimum Gasteiger partial charge on any atom is -0.469 e. The smallest absolute Gasteiger partial charge is 0.223 e. The third-order valence-electron chi connectivity index (χ3n) is 2.54. The van der Waals surface area contributed by atoms with Crippen molar-refractivity contribution in [3.05, 3.63) is 24.2 Å². The Kier molecular flexibility index (Phi) is 4.40. The van der Waals surface area contributed by atoms with Crippen LogP contribution in [-0.4, -0.2) is 11.9 Å². The molecule has 0 radical (unpaired) electrons. The van der Waals surface area contributed by atoms with Gasteiger partial charge in [0.1, 0.15) is 5.76 Å². The van der Waals surface area contributed by atoms with Crippen molar-refractivity contribution in [2.75, 3.05) is 0 Å². The maximum Gasteiger partial charge on any atom is 0.223 e. The third-order valence-corrected chi connectivity index (χ3v) is 2.54. The lowest BCUT2D eigenvalue weighted by Gasteiger charge is -2.15. The van der Waals surface area contributed by atoms with E-state index in [4.69, 9.17) is 4.42 Å². The highest BCUT2D eigenvalue weighted by Crippen LogP contribution is 2.05. The fourth-order valence-corrected chi connectivity index (χ4v) is 1.35. The summed E-state index contributed by atoms with van der Waals surface area (Å²) < 4.78 is 5.22. The van der Waals surface area contributed by atoms with Gasteiger partial charge in [0.2, 0.25) is 5.91 Å². The average molecular weight is 209 g/mol. The second-order valence-corrected chi connectivity index (χ2v) is 4.00. The number of nitrogens with one attached hydrogen (secondary N) is 1. The molecule has 0 unspecified atom stereocenters. The van der Waals surface area contributed by atoms with E-state index in [2.05, 4.69) is 5.32 Å². The highest BCUT2D eigenvalue weighted by atomic mass is 16.3. The van der Waals surface area contributed by atoms with Crippen LogP contribution in [0.25, 0.3) is 0 Å². The van der Waals surface area contributed by atoms with Crippen molar-refractivity contribution in [1.29, 1.82) is 0 Å². The number of furan rings is 1. The fraction of sp³-hybridized carbons (Fsp3) is 0.583. The van der Waals surface area contributed by atoms with Gasteiger partial charge in [-0.25, -0.2) is 0 Å². The molecule has 0 aromatic carbocycles. The maximum atomic E-state index is 11.6. The number of carbonyl (C=O) groups excluding carboxylic acids is 1. The number of hydrogen-bond donors (Lipinski definition) is 1. The van der Waals surface area contributed by atoms with Crippen LogP contribution in [0.15, 0.2) is 22.8 Å². The van der Waals surface area contributed by atoms with E-state index in [0.29, 0.717) is 0 Å². The molecule has 1 aromatic rings. The summed E-state index contributed by atoms with van der Waals surface area (Å²) in [5, 5.41) is 2.97. The second-order valence-electron chi connectivity index (χ2n) is 4.00. The van der Waals surface area contributed by atoms with Gasteiger partial charge < -0.3 is 9.73 Å². The van der Waals surface area contributed by atoms with Crippen LogP contribution in [0.1, 0.15) is 33.0 Å². The van der Waals surface area contributed by atoms with Gasteiger partial charge >= 0.3 is 0 Å². The van der Waals surface area contributed by atoms with Crippen molar-refractivity contribution in [2.45, 2.75) is 39.7 Å². The van der Waals surface area contributed by atoms with Crippen molar-refractivity contribution in [1.82, 2.24) is 5.32 Å². The largest absolute Gasteiger partial charge is 0.469 e. The molecule has 1 N–H and O–H groups in total. The van der Waals surface area contributed by atoms with Crippen LogP contribution in [-0.2, 0) is 11.2 Å². The minimum atomic E-state index is 0.0871. The van der Waals surface area contributed by atoms with E-state index in [1.54, 1.807) is 6.26 Å². The van der Waals surface area contributed by atoms with Crippen LogP contribution < -0.4 is 5.32 Å². The van der Waals surface area contributed by atoms with Crippen molar-refractivity contribution in [3.63, 3.8) is 0 Å². The lowest BCUT2D eigenvalue weighted by Crippen LogP contribution is -2.37. The summed E-state index contributed by atoms with van der Waals surface area (Å²) in [6, 6.07) is 3.91. The van der Waals surface area contributed by atoms with E-state index in [1.807, 2.05) is 32.9 Å². The quantitative estimate of drug-likeness (QED) is 0.809. The van der Waals surface area contributed by atoms with Crippen LogP contribution in [0.4, 0.5) is 0 Å². The van der Waals surface area contributed by atoms with Crippen molar-refractivity contribution < 1.29 is 9.21 Å². The Labute approximate surface area is 90.9 Å². The van der Waals surface area contributed by atoms with Crippen LogP contribution >= 0.6 is 0 Å². The minimum absolute atomic E-state index is 0.0871. The van der Waals surface area contributed by atoms with Gasteiger partial charge in [-0.2, -0.15) is 0 Å². The van der Waals surface area contributed by atoms with Gasteiger partial charge in [-0.1, -0.05) is 13.8 Å². The molecule has 0 fully saturated rings. The van der Waals surface area contributed by atoms with Gasteiger partial charge in [0.25, 0.3) is 0 Å². The number of rotatable bonds is 5. The first-order valence-electron chi connectivity index (χ1n) is 5.46. The lowest BCUT2D eigenvalue weighted by molar-refractivity contribution is -0.125. The van der Waals surface area contributed by atoms with Crippen LogP contribution in [0.2, 0.25) is 0 Å². The topological polar surface area (TPSA) is 42.2 Å². The van der Waals surface area contributed by atoms with E-state index in [0.717, 1.165) is 18.6 Å². The van der Waals surface area contributed by atoms with Crippen LogP contribution in [0, 0.1) is 5.92 Å². The molecule has 84 valence electrons. The Morgan fingerprint density at radius 2 is 2.27 bits per heavy atom. The Morgan fingerprint density at radius 1 is 1.53 bits per heavy atom. The van der Waals surface area contributed by atoms with Crippen LogP contribution in [0.3, 0.4) is 0 Å². The van der Waals surface area contributed by atoms with Crippen LogP contribution in [0.5, 0.6) is 0 Å². The summed E-state index contributed by atoms with van der Waals surface area (Å²) in [7, 11) is 0. The van der Waals surface area contributed by atoms with Crippen molar-refractivity contribution in [3.8, 4) is 0 Å². The molecule has 3 heteroatoms. The maximum absolute atomic E-state index is 11.6. The van der Waals surface area contributed by atoms with Gasteiger partial charge in [0.05, 0.1) is 6.26 Å². The molecule has 1 rings (SSSR count). The molecule has 3 nitrogen and oxygen atoms in total. The van der Waals surface area contributed by atoms with Gasteiger partial charge in [-0.05, 0) is 25.5 Å². The second kappa shape index (κ2) is 5.59. The molecule has 0 aliphatic rings. The molecule has 0 bridgehead atoms. The summed E-state index contributed by atoms with van der Waals surface area (Å²) in [6.07, 6.45) is 3.27. The summed E-state index contributed by atoms with van der Waals surface area (Å²) >= 11 is 0. The average Bonchev–Trinajstić information content (AvgIpc) is 2.68.